The van der Waals surface area contributed by atoms with Crippen LogP contribution in [0.4, 0.5) is 10.7 Å². The highest BCUT2D eigenvalue weighted by atomic mass is 32.2. The molecule has 0 atom stereocenters. The number of ether oxygens (including phenoxy) is 2. The fourth-order valence-electron chi connectivity index (χ4n) is 3.28. The summed E-state index contributed by atoms with van der Waals surface area (Å²) in [6.07, 6.45) is 7.48. The van der Waals surface area contributed by atoms with Gasteiger partial charge in [-0.05, 0) is 49.6 Å². The van der Waals surface area contributed by atoms with Crippen molar-refractivity contribution in [1.29, 1.82) is 0 Å². The van der Waals surface area contributed by atoms with Gasteiger partial charge in [-0.2, -0.15) is 0 Å². The Morgan fingerprint density at radius 2 is 2.00 bits per heavy atom. The van der Waals surface area contributed by atoms with Crippen molar-refractivity contribution in [2.75, 3.05) is 38.8 Å². The summed E-state index contributed by atoms with van der Waals surface area (Å²) in [5.74, 6) is 0.153. The van der Waals surface area contributed by atoms with Crippen LogP contribution in [-0.4, -0.2) is 66.7 Å². The van der Waals surface area contributed by atoms with Gasteiger partial charge in [0, 0.05) is 31.9 Å². The molecule has 0 radical (unpaired) electrons. The molecule has 1 saturated carbocycles. The zero-order valence-corrected chi connectivity index (χ0v) is 17.3. The number of carbonyl (C=O) groups is 2. The van der Waals surface area contributed by atoms with E-state index in [1.165, 1.54) is 0 Å². The van der Waals surface area contributed by atoms with Gasteiger partial charge in [-0.15, -0.1) is 0 Å². The molecule has 1 aromatic rings. The fourth-order valence-corrected chi connectivity index (χ4v) is 3.95. The van der Waals surface area contributed by atoms with E-state index < -0.39 is 0 Å². The van der Waals surface area contributed by atoms with Crippen molar-refractivity contribution in [3.63, 3.8) is 0 Å². The number of anilines is 1. The van der Waals surface area contributed by atoms with Gasteiger partial charge in [0.25, 0.3) is 11.1 Å². The first-order valence-corrected chi connectivity index (χ1v) is 10.6. The Morgan fingerprint density at radius 1 is 1.21 bits per heavy atom. The predicted octanol–water partition coefficient (Wildman–Crippen LogP) is 1.78. The first kappa shape index (κ1) is 21.7. The molecule has 2 heterocycles. The number of amides is 2. The van der Waals surface area contributed by atoms with Crippen LogP contribution in [0.5, 0.6) is 0 Å². The first-order chi connectivity index (χ1) is 14.1. The molecule has 1 saturated heterocycles. The molecule has 3 N–H and O–H groups in total. The van der Waals surface area contributed by atoms with Crippen molar-refractivity contribution in [1.82, 2.24) is 20.6 Å². The molecule has 2 fully saturated rings. The number of hydrogen-bond acceptors (Lipinski definition) is 9. The number of imide groups is 1. The zero-order valence-electron chi connectivity index (χ0n) is 16.5. The van der Waals surface area contributed by atoms with E-state index in [2.05, 4.69) is 25.9 Å². The van der Waals surface area contributed by atoms with Gasteiger partial charge >= 0.3 is 0 Å². The summed E-state index contributed by atoms with van der Waals surface area (Å²) >= 11 is 0.881. The van der Waals surface area contributed by atoms with E-state index in [-0.39, 0.29) is 11.1 Å². The second-order valence-corrected chi connectivity index (χ2v) is 7.92. The van der Waals surface area contributed by atoms with Crippen LogP contribution in [0.15, 0.2) is 17.2 Å². The third-order valence-electron chi connectivity index (χ3n) is 4.77. The lowest BCUT2D eigenvalue weighted by Crippen LogP contribution is -2.38. The molecule has 1 aliphatic carbocycles. The van der Waals surface area contributed by atoms with E-state index in [4.69, 9.17) is 9.47 Å². The summed E-state index contributed by atoms with van der Waals surface area (Å²) < 4.78 is 10.4. The molecule has 29 heavy (non-hydrogen) atoms. The first-order valence-electron chi connectivity index (χ1n) is 9.78. The maximum Gasteiger partial charge on any atom is 0.290 e. The number of nitrogens with one attached hydrogen (secondary N) is 3. The Labute approximate surface area is 174 Å². The minimum absolute atomic E-state index is 0.319. The summed E-state index contributed by atoms with van der Waals surface area (Å²) in [5, 5.41) is 8.80. The molecule has 1 aromatic heterocycles. The van der Waals surface area contributed by atoms with Crippen molar-refractivity contribution in [3.05, 3.63) is 22.9 Å². The van der Waals surface area contributed by atoms with E-state index in [9.17, 15) is 9.59 Å². The van der Waals surface area contributed by atoms with Crippen LogP contribution in [-0.2, 0) is 14.3 Å². The molecule has 0 spiro atoms. The fraction of sp³-hybridized carbons (Fsp3) is 0.579. The third kappa shape index (κ3) is 7.07. The number of thioether (sulfide) groups is 1. The second kappa shape index (κ2) is 11.2. The Hall–Kier alpha value is -2.01. The predicted molar refractivity (Wildman–Crippen MR) is 112 cm³/mol. The summed E-state index contributed by atoms with van der Waals surface area (Å²) in [7, 11) is 1.67. The SMILES string of the molecule is COCCOCCN[C@H]1CC[C@H](Nc2nccc(/C=C3\SC(=O)NC3=O)n2)CC1. The molecule has 158 valence electrons. The van der Waals surface area contributed by atoms with Crippen LogP contribution in [0.1, 0.15) is 31.4 Å². The lowest BCUT2D eigenvalue weighted by atomic mass is 9.91. The van der Waals surface area contributed by atoms with Crippen molar-refractivity contribution in [2.24, 2.45) is 0 Å². The van der Waals surface area contributed by atoms with Crippen molar-refractivity contribution >= 4 is 34.9 Å². The minimum atomic E-state index is -0.386. The third-order valence-corrected chi connectivity index (χ3v) is 5.58. The Bertz CT molecular complexity index is 737. The highest BCUT2D eigenvalue weighted by Crippen LogP contribution is 2.25. The largest absolute Gasteiger partial charge is 0.382 e. The molecular formula is C19H27N5O4S. The molecule has 2 aliphatic rings. The minimum Gasteiger partial charge on any atom is -0.382 e. The lowest BCUT2D eigenvalue weighted by Gasteiger charge is -2.29. The highest BCUT2D eigenvalue weighted by Gasteiger charge is 2.25. The number of nitrogens with zero attached hydrogens (tertiary/aromatic N) is 2. The molecule has 1 aliphatic heterocycles. The van der Waals surface area contributed by atoms with Crippen LogP contribution in [0.2, 0.25) is 0 Å². The number of methoxy groups -OCH3 is 1. The van der Waals surface area contributed by atoms with Crippen LogP contribution < -0.4 is 16.0 Å². The zero-order chi connectivity index (χ0) is 20.5. The van der Waals surface area contributed by atoms with Crippen LogP contribution in [0, 0.1) is 0 Å². The van der Waals surface area contributed by atoms with Gasteiger partial charge in [0.05, 0.1) is 30.4 Å². The van der Waals surface area contributed by atoms with Crippen LogP contribution in [0.25, 0.3) is 6.08 Å². The van der Waals surface area contributed by atoms with Gasteiger partial charge in [0.2, 0.25) is 5.95 Å². The summed E-state index contributed by atoms with van der Waals surface area (Å²) in [6, 6.07) is 2.54. The van der Waals surface area contributed by atoms with Crippen LogP contribution in [0.3, 0.4) is 0 Å². The summed E-state index contributed by atoms with van der Waals surface area (Å²) in [4.78, 5) is 32.0. The molecule has 9 nitrogen and oxygen atoms in total. The topological polar surface area (TPSA) is 114 Å². The molecule has 10 heteroatoms. The molecule has 3 rings (SSSR count). The summed E-state index contributed by atoms with van der Waals surface area (Å²) in [5.41, 5.74) is 0.596. The Balaban J connectivity index is 1.41. The number of rotatable bonds is 10. The lowest BCUT2D eigenvalue weighted by molar-refractivity contribution is -0.115. The standard InChI is InChI=1S/C19H27N5O4S/c1-27-10-11-28-9-8-20-13-2-4-14(5-3-13)22-18-21-7-6-15(23-18)12-16-17(25)24-19(26)29-16/h6-7,12-14,20H,2-5,8-11H2,1H3,(H,21,22,23)(H,24,25,26)/b16-12-/t13-,14-. The summed E-state index contributed by atoms with van der Waals surface area (Å²) in [6.45, 7) is 2.80. The number of aromatic nitrogens is 2. The van der Waals surface area contributed by atoms with E-state index in [0.29, 0.717) is 48.5 Å². The molecule has 0 bridgehead atoms. The quantitative estimate of drug-likeness (QED) is 0.384. The van der Waals surface area contributed by atoms with Gasteiger partial charge in [-0.25, -0.2) is 9.97 Å². The highest BCUT2D eigenvalue weighted by molar-refractivity contribution is 8.18. The molecule has 2 amide bonds. The normalized spacial score (nSPS) is 23.4. The van der Waals surface area contributed by atoms with Crippen LogP contribution >= 0.6 is 11.8 Å². The average Bonchev–Trinajstić information content (AvgIpc) is 3.03. The van der Waals surface area contributed by atoms with Gasteiger partial charge in [0.15, 0.2) is 0 Å². The Morgan fingerprint density at radius 3 is 2.72 bits per heavy atom. The molecule has 0 aromatic carbocycles. The van der Waals surface area contributed by atoms with Crippen molar-refractivity contribution in [3.8, 4) is 0 Å². The van der Waals surface area contributed by atoms with Crippen molar-refractivity contribution in [2.45, 2.75) is 37.8 Å². The maximum absolute atomic E-state index is 11.7. The molecular weight excluding hydrogens is 394 g/mol. The smallest absolute Gasteiger partial charge is 0.290 e. The monoisotopic (exact) mass is 421 g/mol. The Kier molecular flexibility index (Phi) is 8.41. The second-order valence-electron chi connectivity index (χ2n) is 6.91. The van der Waals surface area contributed by atoms with Crippen molar-refractivity contribution < 1.29 is 19.1 Å². The maximum atomic E-state index is 11.7. The molecule has 0 unspecified atom stereocenters. The number of hydrogen-bond donors (Lipinski definition) is 3. The van der Waals surface area contributed by atoms with Gasteiger partial charge < -0.3 is 20.1 Å². The van der Waals surface area contributed by atoms with Gasteiger partial charge in [-0.3, -0.25) is 14.9 Å². The average molecular weight is 422 g/mol. The van der Waals surface area contributed by atoms with E-state index in [1.54, 1.807) is 25.4 Å². The van der Waals surface area contributed by atoms with E-state index >= 15 is 0 Å². The van der Waals surface area contributed by atoms with E-state index in [1.807, 2.05) is 0 Å². The number of carbonyl (C=O) groups excluding carboxylic acids is 2. The van der Waals surface area contributed by atoms with E-state index in [0.717, 1.165) is 44.0 Å². The van der Waals surface area contributed by atoms with Gasteiger partial charge in [0.1, 0.15) is 0 Å². The van der Waals surface area contributed by atoms with Gasteiger partial charge in [-0.1, -0.05) is 0 Å².